The summed E-state index contributed by atoms with van der Waals surface area (Å²) in [6.45, 7) is 2.86. The van der Waals surface area contributed by atoms with E-state index in [4.69, 9.17) is 10.5 Å². The van der Waals surface area contributed by atoms with Gasteiger partial charge in [-0.15, -0.1) is 0 Å². The van der Waals surface area contributed by atoms with Crippen LogP contribution in [0.3, 0.4) is 0 Å². The van der Waals surface area contributed by atoms with E-state index < -0.39 is 0 Å². The minimum Gasteiger partial charge on any atom is -0.381 e. The fourth-order valence-electron chi connectivity index (χ4n) is 3.11. The zero-order valence-corrected chi connectivity index (χ0v) is 9.08. The topological polar surface area (TPSA) is 35.2 Å². The predicted molar refractivity (Wildman–Crippen MR) is 58.0 cm³/mol. The first-order valence-corrected chi connectivity index (χ1v) is 6.19. The lowest BCUT2D eigenvalue weighted by Crippen LogP contribution is -2.39. The molecular weight excluding hydrogens is 174 g/mol. The normalized spacial score (nSPS) is 27.2. The highest BCUT2D eigenvalue weighted by Crippen LogP contribution is 2.38. The van der Waals surface area contributed by atoms with Crippen LogP contribution in [0, 0.1) is 17.8 Å². The summed E-state index contributed by atoms with van der Waals surface area (Å²) < 4.78 is 5.31. The first-order chi connectivity index (χ1) is 6.92. The maximum absolute atomic E-state index is 5.71. The molecule has 2 aliphatic rings. The molecule has 2 N–H and O–H groups in total. The molecule has 0 aromatic rings. The zero-order chi connectivity index (χ0) is 9.80. The molecule has 0 amide bonds. The van der Waals surface area contributed by atoms with Crippen LogP contribution in [0.4, 0.5) is 0 Å². The number of rotatable bonds is 4. The van der Waals surface area contributed by atoms with Crippen molar-refractivity contribution < 1.29 is 4.74 Å². The second-order valence-corrected chi connectivity index (χ2v) is 4.94. The summed E-state index contributed by atoms with van der Waals surface area (Å²) in [4.78, 5) is 0. The molecule has 0 spiro atoms. The van der Waals surface area contributed by atoms with E-state index >= 15 is 0 Å². The van der Waals surface area contributed by atoms with E-state index in [9.17, 15) is 0 Å². The van der Waals surface area contributed by atoms with E-state index in [1.54, 1.807) is 0 Å². The van der Waals surface area contributed by atoms with Crippen LogP contribution in [0.25, 0.3) is 0 Å². The molecule has 0 bridgehead atoms. The Labute approximate surface area is 87.2 Å². The lowest BCUT2D eigenvalue weighted by molar-refractivity contribution is -0.0780. The van der Waals surface area contributed by atoms with Crippen LogP contribution in [0.2, 0.25) is 0 Å². The van der Waals surface area contributed by atoms with Crippen LogP contribution >= 0.6 is 0 Å². The Morgan fingerprint density at radius 3 is 2.29 bits per heavy atom. The van der Waals surface area contributed by atoms with Gasteiger partial charge in [0, 0.05) is 5.92 Å². The summed E-state index contributed by atoms with van der Waals surface area (Å²) in [5.74, 6) is 2.66. The Balaban J connectivity index is 1.86. The molecule has 0 aromatic heterocycles. The molecule has 1 saturated heterocycles. The van der Waals surface area contributed by atoms with Crippen LogP contribution in [0.1, 0.15) is 38.5 Å². The fourth-order valence-corrected chi connectivity index (χ4v) is 3.11. The lowest BCUT2D eigenvalue weighted by atomic mass is 9.72. The quantitative estimate of drug-likeness (QED) is 0.749. The van der Waals surface area contributed by atoms with Gasteiger partial charge in [0.15, 0.2) is 0 Å². The third-order valence-corrected chi connectivity index (χ3v) is 4.02. The molecule has 1 saturated carbocycles. The SMILES string of the molecule is NCCC(C1CCCCC1)C1COC1. The molecule has 14 heavy (non-hydrogen) atoms. The monoisotopic (exact) mass is 197 g/mol. The van der Waals surface area contributed by atoms with Gasteiger partial charge in [-0.3, -0.25) is 0 Å². The van der Waals surface area contributed by atoms with Crippen LogP contribution < -0.4 is 5.73 Å². The van der Waals surface area contributed by atoms with Gasteiger partial charge in [-0.25, -0.2) is 0 Å². The molecule has 2 fully saturated rings. The number of hydrogen-bond donors (Lipinski definition) is 1. The average molecular weight is 197 g/mol. The highest BCUT2D eigenvalue weighted by Gasteiger charge is 2.33. The molecular formula is C12H23NO. The largest absolute Gasteiger partial charge is 0.381 e. The van der Waals surface area contributed by atoms with Gasteiger partial charge in [-0.1, -0.05) is 32.1 Å². The smallest absolute Gasteiger partial charge is 0.0519 e. The molecule has 1 aliphatic carbocycles. The highest BCUT2D eigenvalue weighted by molar-refractivity contribution is 4.82. The average Bonchev–Trinajstić information content (AvgIpc) is 2.16. The van der Waals surface area contributed by atoms with Gasteiger partial charge in [0.05, 0.1) is 13.2 Å². The maximum atomic E-state index is 5.71. The first-order valence-electron chi connectivity index (χ1n) is 6.19. The van der Waals surface area contributed by atoms with Gasteiger partial charge in [0.2, 0.25) is 0 Å². The number of hydrogen-bond acceptors (Lipinski definition) is 2. The Kier molecular flexibility index (Phi) is 3.82. The molecule has 1 heterocycles. The van der Waals surface area contributed by atoms with Crippen molar-refractivity contribution in [1.82, 2.24) is 0 Å². The fraction of sp³-hybridized carbons (Fsp3) is 1.00. The van der Waals surface area contributed by atoms with Gasteiger partial charge < -0.3 is 10.5 Å². The second-order valence-electron chi connectivity index (χ2n) is 4.94. The van der Waals surface area contributed by atoms with Gasteiger partial charge in [-0.2, -0.15) is 0 Å². The summed E-state index contributed by atoms with van der Waals surface area (Å²) in [6.07, 6.45) is 8.45. The predicted octanol–water partition coefficient (Wildman–Crippen LogP) is 2.18. The van der Waals surface area contributed by atoms with Crippen LogP contribution in [-0.2, 0) is 4.74 Å². The van der Waals surface area contributed by atoms with E-state index in [2.05, 4.69) is 0 Å². The summed E-state index contributed by atoms with van der Waals surface area (Å²) in [5.41, 5.74) is 5.71. The first kappa shape index (κ1) is 10.4. The second kappa shape index (κ2) is 5.13. The number of ether oxygens (including phenoxy) is 1. The Hall–Kier alpha value is -0.0800. The molecule has 2 rings (SSSR count). The van der Waals surface area contributed by atoms with Crippen molar-refractivity contribution in [3.05, 3.63) is 0 Å². The minimum absolute atomic E-state index is 0.835. The van der Waals surface area contributed by atoms with Crippen LogP contribution in [0.5, 0.6) is 0 Å². The van der Waals surface area contributed by atoms with Crippen molar-refractivity contribution in [2.24, 2.45) is 23.5 Å². The Morgan fingerprint density at radius 1 is 1.07 bits per heavy atom. The summed E-state index contributed by atoms with van der Waals surface area (Å²) >= 11 is 0. The third-order valence-electron chi connectivity index (χ3n) is 4.02. The van der Waals surface area contributed by atoms with Crippen molar-refractivity contribution in [2.75, 3.05) is 19.8 Å². The summed E-state index contributed by atoms with van der Waals surface area (Å²) in [5, 5.41) is 0. The molecule has 0 radical (unpaired) electrons. The molecule has 1 unspecified atom stereocenters. The molecule has 1 aliphatic heterocycles. The van der Waals surface area contributed by atoms with Crippen molar-refractivity contribution in [2.45, 2.75) is 38.5 Å². The van der Waals surface area contributed by atoms with Gasteiger partial charge in [0.1, 0.15) is 0 Å². The molecule has 82 valence electrons. The standard InChI is InChI=1S/C12H23NO/c13-7-6-12(11-8-14-9-11)10-4-2-1-3-5-10/h10-12H,1-9,13H2. The zero-order valence-electron chi connectivity index (χ0n) is 9.08. The molecule has 1 atom stereocenters. The van der Waals surface area contributed by atoms with E-state index in [0.717, 1.165) is 37.5 Å². The van der Waals surface area contributed by atoms with Crippen molar-refractivity contribution in [1.29, 1.82) is 0 Å². The Morgan fingerprint density at radius 2 is 1.79 bits per heavy atom. The van der Waals surface area contributed by atoms with E-state index in [1.807, 2.05) is 0 Å². The molecule has 0 aromatic carbocycles. The lowest BCUT2D eigenvalue weighted by Gasteiger charge is -2.40. The van der Waals surface area contributed by atoms with Crippen LogP contribution in [0.15, 0.2) is 0 Å². The molecule has 2 nitrogen and oxygen atoms in total. The van der Waals surface area contributed by atoms with E-state index in [-0.39, 0.29) is 0 Å². The number of nitrogens with two attached hydrogens (primary N) is 1. The highest BCUT2D eigenvalue weighted by atomic mass is 16.5. The van der Waals surface area contributed by atoms with Crippen molar-refractivity contribution in [3.8, 4) is 0 Å². The minimum atomic E-state index is 0.835. The van der Waals surface area contributed by atoms with Gasteiger partial charge in [-0.05, 0) is 24.8 Å². The third kappa shape index (κ3) is 2.29. The maximum Gasteiger partial charge on any atom is 0.0519 e. The molecule has 2 heteroatoms. The van der Waals surface area contributed by atoms with Crippen molar-refractivity contribution in [3.63, 3.8) is 0 Å². The Bertz CT molecular complexity index is 162. The van der Waals surface area contributed by atoms with E-state index in [1.165, 1.54) is 38.5 Å². The van der Waals surface area contributed by atoms with Gasteiger partial charge in [0.25, 0.3) is 0 Å². The van der Waals surface area contributed by atoms with Crippen LogP contribution in [-0.4, -0.2) is 19.8 Å². The van der Waals surface area contributed by atoms with Gasteiger partial charge >= 0.3 is 0 Å². The van der Waals surface area contributed by atoms with E-state index in [0.29, 0.717) is 0 Å². The van der Waals surface area contributed by atoms with Crippen molar-refractivity contribution >= 4 is 0 Å². The summed E-state index contributed by atoms with van der Waals surface area (Å²) in [6, 6.07) is 0. The summed E-state index contributed by atoms with van der Waals surface area (Å²) in [7, 11) is 0.